The highest BCUT2D eigenvalue weighted by atomic mass is 32.2. The fourth-order valence-corrected chi connectivity index (χ4v) is 5.22. The Morgan fingerprint density at radius 1 is 1.07 bits per heavy atom. The van der Waals surface area contributed by atoms with Gasteiger partial charge in [0.05, 0.1) is 17.0 Å². The molecule has 2 atom stereocenters. The van der Waals surface area contributed by atoms with Crippen molar-refractivity contribution < 1.29 is 17.6 Å². The molecule has 0 aromatic heterocycles. The number of carbonyl (C=O) groups is 1. The summed E-state index contributed by atoms with van der Waals surface area (Å²) in [6.07, 6.45) is 8.05. The Morgan fingerprint density at radius 2 is 1.74 bits per heavy atom. The van der Waals surface area contributed by atoms with Gasteiger partial charge < -0.3 is 10.6 Å². The first-order chi connectivity index (χ1) is 13.0. The first kappa shape index (κ1) is 20.1. The van der Waals surface area contributed by atoms with Crippen LogP contribution in [0.3, 0.4) is 0 Å². The number of hydrogen-bond donors (Lipinski definition) is 3. The van der Waals surface area contributed by atoms with Crippen molar-refractivity contribution in [3.05, 3.63) is 30.1 Å². The van der Waals surface area contributed by atoms with E-state index < -0.39 is 27.1 Å². The maximum absolute atomic E-state index is 13.7. The smallest absolute Gasteiger partial charge is 0.237 e. The third-order valence-corrected chi connectivity index (χ3v) is 7.16. The largest absolute Gasteiger partial charge is 0.352 e. The molecular weight excluding hydrogens is 369 g/mol. The van der Waals surface area contributed by atoms with Crippen LogP contribution in [0.25, 0.3) is 0 Å². The van der Waals surface area contributed by atoms with E-state index in [1.165, 1.54) is 37.5 Å². The summed E-state index contributed by atoms with van der Waals surface area (Å²) in [5.41, 5.74) is -0.0695. The predicted octanol–water partition coefficient (Wildman–Crippen LogP) is 2.53. The second-order valence-electron chi connectivity index (χ2n) is 7.50. The number of para-hydroxylation sites is 1. The summed E-state index contributed by atoms with van der Waals surface area (Å²) in [7, 11) is -3.78. The lowest BCUT2D eigenvalue weighted by molar-refractivity contribution is -0.123. The van der Waals surface area contributed by atoms with Crippen molar-refractivity contribution in [1.82, 2.24) is 10.6 Å². The molecule has 27 heavy (non-hydrogen) atoms. The van der Waals surface area contributed by atoms with Gasteiger partial charge >= 0.3 is 0 Å². The van der Waals surface area contributed by atoms with E-state index >= 15 is 0 Å². The van der Waals surface area contributed by atoms with E-state index in [2.05, 4.69) is 15.4 Å². The zero-order valence-electron chi connectivity index (χ0n) is 15.4. The Labute approximate surface area is 160 Å². The van der Waals surface area contributed by atoms with Crippen LogP contribution in [0.5, 0.6) is 0 Å². The summed E-state index contributed by atoms with van der Waals surface area (Å²) in [6, 6.07) is 5.30. The number of rotatable bonds is 5. The SMILES string of the molecule is O=C(NC1CCCCCCC1)C1CC(S(=O)(=O)Nc2ccccc2F)CN1. The first-order valence-corrected chi connectivity index (χ1v) is 11.3. The van der Waals surface area contributed by atoms with Gasteiger partial charge in [0.15, 0.2) is 0 Å². The lowest BCUT2D eigenvalue weighted by atomic mass is 9.96. The number of nitrogens with one attached hydrogen (secondary N) is 3. The van der Waals surface area contributed by atoms with Crippen LogP contribution in [0.2, 0.25) is 0 Å². The van der Waals surface area contributed by atoms with E-state index in [0.717, 1.165) is 25.7 Å². The lowest BCUT2D eigenvalue weighted by Crippen LogP contribution is -2.45. The van der Waals surface area contributed by atoms with Gasteiger partial charge in [-0.1, -0.05) is 44.2 Å². The molecule has 8 heteroatoms. The number of carbonyl (C=O) groups excluding carboxylic acids is 1. The highest BCUT2D eigenvalue weighted by molar-refractivity contribution is 7.93. The zero-order chi connectivity index (χ0) is 19.3. The highest BCUT2D eigenvalue weighted by Crippen LogP contribution is 2.22. The maximum atomic E-state index is 13.7. The number of benzene rings is 1. The Kier molecular flexibility index (Phi) is 6.70. The number of halogens is 1. The van der Waals surface area contributed by atoms with Gasteiger partial charge in [0.25, 0.3) is 0 Å². The summed E-state index contributed by atoms with van der Waals surface area (Å²) in [5.74, 6) is -0.755. The standard InChI is InChI=1S/C19H28FN3O3S/c20-16-10-6-7-11-17(16)23-27(25,26)15-12-18(21-13-15)19(24)22-14-8-4-2-1-3-5-9-14/h6-7,10-11,14-15,18,21,23H,1-5,8-9,12-13H2,(H,22,24). The molecule has 6 nitrogen and oxygen atoms in total. The highest BCUT2D eigenvalue weighted by Gasteiger charge is 2.38. The molecule has 2 aliphatic rings. The van der Waals surface area contributed by atoms with Crippen LogP contribution < -0.4 is 15.4 Å². The molecule has 1 saturated carbocycles. The van der Waals surface area contributed by atoms with Gasteiger partial charge in [-0.2, -0.15) is 0 Å². The quantitative estimate of drug-likeness (QED) is 0.713. The molecule has 0 radical (unpaired) electrons. The van der Waals surface area contributed by atoms with Crippen molar-refractivity contribution in [2.24, 2.45) is 0 Å². The fraction of sp³-hybridized carbons (Fsp3) is 0.632. The van der Waals surface area contributed by atoms with Crippen LogP contribution in [0, 0.1) is 5.82 Å². The summed E-state index contributed by atoms with van der Waals surface area (Å²) >= 11 is 0. The fourth-order valence-electron chi connectivity index (χ4n) is 3.82. The molecule has 2 fully saturated rings. The third kappa shape index (κ3) is 5.42. The average Bonchev–Trinajstić information content (AvgIpc) is 3.10. The van der Waals surface area contributed by atoms with Gasteiger partial charge in [0.2, 0.25) is 15.9 Å². The third-order valence-electron chi connectivity index (χ3n) is 5.42. The average molecular weight is 398 g/mol. The molecule has 1 aromatic rings. The van der Waals surface area contributed by atoms with E-state index in [0.29, 0.717) is 0 Å². The van der Waals surface area contributed by atoms with Gasteiger partial charge in [0.1, 0.15) is 5.82 Å². The predicted molar refractivity (Wildman–Crippen MR) is 103 cm³/mol. The maximum Gasteiger partial charge on any atom is 0.237 e. The first-order valence-electron chi connectivity index (χ1n) is 9.75. The Hall–Kier alpha value is -1.67. The summed E-state index contributed by atoms with van der Waals surface area (Å²) in [5, 5.41) is 5.32. The summed E-state index contributed by atoms with van der Waals surface area (Å²) in [4.78, 5) is 12.5. The van der Waals surface area contributed by atoms with Crippen LogP contribution in [0.1, 0.15) is 51.4 Å². The van der Waals surface area contributed by atoms with E-state index in [4.69, 9.17) is 0 Å². The topological polar surface area (TPSA) is 87.3 Å². The molecule has 2 unspecified atom stereocenters. The number of sulfonamides is 1. The van der Waals surface area contributed by atoms with Crippen LogP contribution in [-0.4, -0.2) is 38.2 Å². The van der Waals surface area contributed by atoms with Gasteiger partial charge in [-0.25, -0.2) is 12.8 Å². The molecule has 1 amide bonds. The van der Waals surface area contributed by atoms with E-state index in [1.807, 2.05) is 0 Å². The minimum Gasteiger partial charge on any atom is -0.352 e. The molecule has 0 spiro atoms. The zero-order valence-corrected chi connectivity index (χ0v) is 16.2. The van der Waals surface area contributed by atoms with Gasteiger partial charge in [-0.3, -0.25) is 9.52 Å². The number of hydrogen-bond acceptors (Lipinski definition) is 4. The normalized spacial score (nSPS) is 24.8. The van der Waals surface area contributed by atoms with E-state index in [9.17, 15) is 17.6 Å². The Bertz CT molecular complexity index is 748. The van der Waals surface area contributed by atoms with Gasteiger partial charge in [0, 0.05) is 12.6 Å². The van der Waals surface area contributed by atoms with Crippen LogP contribution in [0.15, 0.2) is 24.3 Å². The van der Waals surface area contributed by atoms with Crippen molar-refractivity contribution in [3.8, 4) is 0 Å². The molecule has 0 bridgehead atoms. The number of amides is 1. The monoisotopic (exact) mass is 397 g/mol. The lowest BCUT2D eigenvalue weighted by Gasteiger charge is -2.23. The van der Waals surface area contributed by atoms with Gasteiger partial charge in [-0.05, 0) is 31.4 Å². The van der Waals surface area contributed by atoms with Crippen molar-refractivity contribution in [2.75, 3.05) is 11.3 Å². The molecule has 1 aliphatic carbocycles. The second-order valence-corrected chi connectivity index (χ2v) is 9.46. The molecular formula is C19H28FN3O3S. The van der Waals surface area contributed by atoms with E-state index in [1.54, 1.807) is 6.07 Å². The molecule has 1 heterocycles. The molecule has 1 aromatic carbocycles. The summed E-state index contributed by atoms with van der Waals surface area (Å²) < 4.78 is 41.1. The molecule has 3 rings (SSSR count). The molecule has 150 valence electrons. The van der Waals surface area contributed by atoms with Crippen molar-refractivity contribution in [3.63, 3.8) is 0 Å². The van der Waals surface area contributed by atoms with Crippen molar-refractivity contribution in [2.45, 2.75) is 68.7 Å². The minimum atomic E-state index is -3.78. The van der Waals surface area contributed by atoms with Crippen molar-refractivity contribution >= 4 is 21.6 Å². The molecule has 3 N–H and O–H groups in total. The number of anilines is 1. The minimum absolute atomic E-state index is 0.0695. The Balaban J connectivity index is 1.55. The van der Waals surface area contributed by atoms with Crippen molar-refractivity contribution in [1.29, 1.82) is 0 Å². The van der Waals surface area contributed by atoms with Crippen LogP contribution in [0.4, 0.5) is 10.1 Å². The molecule has 1 aliphatic heterocycles. The van der Waals surface area contributed by atoms with Crippen LogP contribution >= 0.6 is 0 Å². The summed E-state index contributed by atoms with van der Waals surface area (Å²) in [6.45, 7) is 0.173. The van der Waals surface area contributed by atoms with Crippen LogP contribution in [-0.2, 0) is 14.8 Å². The van der Waals surface area contributed by atoms with Gasteiger partial charge in [-0.15, -0.1) is 0 Å². The second kappa shape index (κ2) is 9.01. The van der Waals surface area contributed by atoms with E-state index in [-0.39, 0.29) is 30.6 Å². The Morgan fingerprint density at radius 3 is 2.44 bits per heavy atom. The molecule has 1 saturated heterocycles.